The van der Waals surface area contributed by atoms with Gasteiger partial charge in [-0.3, -0.25) is 9.20 Å². The summed E-state index contributed by atoms with van der Waals surface area (Å²) in [6, 6.07) is 13.7. The Balaban J connectivity index is 1.74. The van der Waals surface area contributed by atoms with E-state index >= 15 is 0 Å². The van der Waals surface area contributed by atoms with Crippen LogP contribution >= 0.6 is 0 Å². The molecular weight excluding hydrogens is 378 g/mol. The van der Waals surface area contributed by atoms with Crippen LogP contribution in [0.1, 0.15) is 56.6 Å². The lowest BCUT2D eigenvalue weighted by molar-refractivity contribution is -0.708. The van der Waals surface area contributed by atoms with Gasteiger partial charge in [0.2, 0.25) is 0 Å². The maximum atomic E-state index is 12.5. The number of hydrogen-bond donors (Lipinski definition) is 1. The van der Waals surface area contributed by atoms with Crippen LogP contribution in [0.3, 0.4) is 0 Å². The molecule has 0 amide bonds. The number of nitrogens with zero attached hydrogens (tertiary/aromatic N) is 2. The first-order valence-corrected chi connectivity index (χ1v) is 10.7. The van der Waals surface area contributed by atoms with Crippen molar-refractivity contribution in [2.24, 2.45) is 0 Å². The fraction of sp³-hybridized carbons (Fsp3) is 0.417. The van der Waals surface area contributed by atoms with Gasteiger partial charge >= 0.3 is 0 Å². The van der Waals surface area contributed by atoms with Gasteiger partial charge in [0.25, 0.3) is 5.56 Å². The molecule has 0 saturated carbocycles. The summed E-state index contributed by atoms with van der Waals surface area (Å²) >= 11 is 0. The molecule has 0 saturated heterocycles. The van der Waals surface area contributed by atoms with Crippen LogP contribution in [0.2, 0.25) is 0 Å². The lowest BCUT2D eigenvalue weighted by Crippen LogP contribution is -2.83. The van der Waals surface area contributed by atoms with Crippen molar-refractivity contribution >= 4 is 5.65 Å². The van der Waals surface area contributed by atoms with Crippen molar-refractivity contribution in [3.8, 4) is 11.5 Å². The Morgan fingerprint density at radius 2 is 1.77 bits per heavy atom. The zero-order valence-electron chi connectivity index (χ0n) is 18.4. The van der Waals surface area contributed by atoms with E-state index in [-0.39, 0.29) is 11.6 Å². The minimum atomic E-state index is -0.0400. The van der Waals surface area contributed by atoms with Crippen molar-refractivity contribution in [2.75, 3.05) is 13.2 Å². The molecule has 6 heteroatoms. The minimum absolute atomic E-state index is 0.0400. The number of pyridine rings is 1. The van der Waals surface area contributed by atoms with Gasteiger partial charge < -0.3 is 14.8 Å². The molecule has 0 unspecified atom stereocenters. The van der Waals surface area contributed by atoms with Crippen molar-refractivity contribution < 1.29 is 14.8 Å². The van der Waals surface area contributed by atoms with E-state index in [2.05, 4.69) is 43.2 Å². The van der Waals surface area contributed by atoms with E-state index in [0.29, 0.717) is 25.4 Å². The number of hydrogen-bond acceptors (Lipinski definition) is 4. The largest absolute Gasteiger partial charge is 0.490 e. The van der Waals surface area contributed by atoms with Crippen molar-refractivity contribution in [3.63, 3.8) is 0 Å². The second-order valence-electron chi connectivity index (χ2n) is 7.58. The summed E-state index contributed by atoms with van der Waals surface area (Å²) in [7, 11) is 0. The van der Waals surface area contributed by atoms with Crippen molar-refractivity contribution in [3.05, 3.63) is 69.8 Å². The molecule has 0 radical (unpaired) electrons. The normalized spacial score (nSPS) is 12.1. The number of ether oxygens (including phenoxy) is 2. The standard InChI is InChI=1S/C24H31N3O3/c1-5-12-29-21-11-10-19(14-22(21)30-13-6-2)18(4)25-16-20-15-24(28)27-17(3)8-7-9-23(27)26-20/h7-11,14-15,18,25H,5-6,12-13,16H2,1-4H3/p+1/t18-/m1/s1. The lowest BCUT2D eigenvalue weighted by atomic mass is 10.1. The third-order valence-electron chi connectivity index (χ3n) is 5.03. The molecule has 6 nitrogen and oxygen atoms in total. The molecule has 3 rings (SSSR count). The highest BCUT2D eigenvalue weighted by molar-refractivity contribution is 5.43. The highest BCUT2D eigenvalue weighted by atomic mass is 16.5. The Kier molecular flexibility index (Phi) is 7.46. The van der Waals surface area contributed by atoms with Crippen LogP contribution in [0, 0.1) is 6.92 Å². The Hall–Kier alpha value is -2.86. The van der Waals surface area contributed by atoms with Crippen LogP contribution in [0.15, 0.2) is 47.3 Å². The quantitative estimate of drug-likeness (QED) is 0.556. The lowest BCUT2D eigenvalue weighted by Gasteiger charge is -2.16. The van der Waals surface area contributed by atoms with Gasteiger partial charge in [0, 0.05) is 17.3 Å². The molecule has 0 aliphatic rings. The summed E-state index contributed by atoms with van der Waals surface area (Å²) in [5.41, 5.74) is 3.47. The fourth-order valence-corrected chi connectivity index (χ4v) is 3.37. The minimum Gasteiger partial charge on any atom is -0.490 e. The first-order chi connectivity index (χ1) is 14.5. The third kappa shape index (κ3) is 5.19. The van der Waals surface area contributed by atoms with Crippen molar-refractivity contribution in [1.29, 1.82) is 0 Å². The zero-order valence-corrected chi connectivity index (χ0v) is 18.4. The summed E-state index contributed by atoms with van der Waals surface area (Å²) in [5.74, 6) is 1.58. The topological polar surface area (TPSA) is 69.4 Å². The van der Waals surface area contributed by atoms with Gasteiger partial charge in [0.15, 0.2) is 11.5 Å². The number of rotatable bonds is 10. The summed E-state index contributed by atoms with van der Waals surface area (Å²) < 4.78 is 13.4. The highest BCUT2D eigenvalue weighted by Crippen LogP contribution is 2.30. The van der Waals surface area contributed by atoms with Gasteiger partial charge in [-0.1, -0.05) is 19.9 Å². The second kappa shape index (κ2) is 10.3. The maximum absolute atomic E-state index is 12.5. The van der Waals surface area contributed by atoms with E-state index in [0.717, 1.165) is 41.3 Å². The van der Waals surface area contributed by atoms with Crippen molar-refractivity contribution in [2.45, 2.75) is 53.1 Å². The molecule has 1 aromatic carbocycles. The molecule has 160 valence electrons. The average molecular weight is 411 g/mol. The molecule has 0 fully saturated rings. The molecule has 2 aromatic heterocycles. The Bertz CT molecular complexity index is 1050. The van der Waals surface area contributed by atoms with E-state index in [1.807, 2.05) is 31.2 Å². The van der Waals surface area contributed by atoms with Gasteiger partial charge in [-0.15, -0.1) is 0 Å². The number of fused-ring (bicyclic) bond motifs is 1. The Morgan fingerprint density at radius 3 is 2.50 bits per heavy atom. The molecule has 0 aliphatic heterocycles. The van der Waals surface area contributed by atoms with Gasteiger partial charge in [0.1, 0.15) is 23.9 Å². The van der Waals surface area contributed by atoms with Crippen LogP contribution in [-0.2, 0) is 6.54 Å². The molecule has 0 bridgehead atoms. The van der Waals surface area contributed by atoms with Crippen LogP contribution < -0.4 is 20.3 Å². The molecule has 1 atom stereocenters. The zero-order chi connectivity index (χ0) is 21.5. The maximum Gasteiger partial charge on any atom is 0.258 e. The van der Waals surface area contributed by atoms with Crippen LogP contribution in [0.5, 0.6) is 11.5 Å². The molecule has 3 aromatic rings. The molecular formula is C24H32N3O3+. The smallest absolute Gasteiger partial charge is 0.258 e. The van der Waals surface area contributed by atoms with E-state index in [1.54, 1.807) is 10.5 Å². The fourth-order valence-electron chi connectivity index (χ4n) is 3.37. The number of aromatic nitrogens is 2. The number of aryl methyl sites for hydroxylation is 1. The molecule has 2 N–H and O–H groups in total. The Morgan fingerprint density at radius 1 is 1.03 bits per heavy atom. The number of quaternary nitrogens is 1. The molecule has 0 aliphatic carbocycles. The van der Waals surface area contributed by atoms with Crippen LogP contribution in [0.25, 0.3) is 5.65 Å². The van der Waals surface area contributed by atoms with E-state index in [1.165, 1.54) is 0 Å². The van der Waals surface area contributed by atoms with Crippen molar-refractivity contribution in [1.82, 2.24) is 9.38 Å². The van der Waals surface area contributed by atoms with E-state index in [4.69, 9.17) is 9.47 Å². The van der Waals surface area contributed by atoms with Crippen LogP contribution in [0.4, 0.5) is 0 Å². The third-order valence-corrected chi connectivity index (χ3v) is 5.03. The number of benzene rings is 1. The summed E-state index contributed by atoms with van der Waals surface area (Å²) in [5, 5.41) is 2.18. The predicted octanol–water partition coefficient (Wildman–Crippen LogP) is 3.41. The van der Waals surface area contributed by atoms with Gasteiger partial charge in [-0.25, -0.2) is 4.98 Å². The summed E-state index contributed by atoms with van der Waals surface area (Å²) in [6.07, 6.45) is 1.90. The highest BCUT2D eigenvalue weighted by Gasteiger charge is 2.14. The average Bonchev–Trinajstić information content (AvgIpc) is 2.74. The monoisotopic (exact) mass is 410 g/mol. The van der Waals surface area contributed by atoms with Gasteiger partial charge in [0.05, 0.1) is 13.2 Å². The first-order valence-electron chi connectivity index (χ1n) is 10.7. The summed E-state index contributed by atoms with van der Waals surface area (Å²) in [4.78, 5) is 17.1. The molecule has 2 heterocycles. The molecule has 0 spiro atoms. The Labute approximate surface area is 177 Å². The second-order valence-corrected chi connectivity index (χ2v) is 7.58. The van der Waals surface area contributed by atoms with E-state index in [9.17, 15) is 4.79 Å². The molecule has 30 heavy (non-hydrogen) atoms. The van der Waals surface area contributed by atoms with Gasteiger partial charge in [-0.2, -0.15) is 0 Å². The van der Waals surface area contributed by atoms with Crippen LogP contribution in [-0.4, -0.2) is 22.6 Å². The van der Waals surface area contributed by atoms with E-state index < -0.39 is 0 Å². The number of nitrogens with two attached hydrogens (primary N) is 1. The van der Waals surface area contributed by atoms with Gasteiger partial charge in [-0.05, 0) is 57.0 Å². The summed E-state index contributed by atoms with van der Waals surface area (Å²) in [6.45, 7) is 10.2. The SMILES string of the molecule is CCCOc1ccc([C@@H](C)[NH2+]Cc2cc(=O)n3c(C)cccc3n2)cc1OCCC. The predicted molar refractivity (Wildman–Crippen MR) is 118 cm³/mol. The first kappa shape index (κ1) is 21.8.